The second kappa shape index (κ2) is 44.5. The SMILES string of the molecule is CCCCP(CCCC)CCCC.CCCCP(CCCC)CCCC.[C]=O.[C]=O.[Pt]. The molecule has 0 unspecified atom stereocenters. The standard InChI is InChI=1S/2C12H27P.2CO.Pt/c2*1-4-7-10-13(11-8-5-2)12-9-6-3;2*1-2;/h2*4-12H2,1-3H3;;;. The smallest absolute Gasteiger partial charge is 0.281 e. The first-order valence-electron chi connectivity index (χ1n) is 12.5. The van der Waals surface area contributed by atoms with Crippen molar-refractivity contribution in [1.82, 2.24) is 0 Å². The summed E-state index contributed by atoms with van der Waals surface area (Å²) in [7, 11) is 0.843. The Morgan fingerprint density at radius 1 is 0.387 bits per heavy atom. The average Bonchev–Trinajstić information content (AvgIpc) is 2.81. The molecule has 0 aromatic carbocycles. The maximum atomic E-state index is 7.50. The van der Waals surface area contributed by atoms with Gasteiger partial charge >= 0.3 is 0 Å². The average molecular weight is 656 g/mol. The summed E-state index contributed by atoms with van der Waals surface area (Å²) in [6, 6.07) is 0. The Kier molecular flexibility index (Phi) is 60.5. The van der Waals surface area contributed by atoms with Crippen molar-refractivity contribution in [2.45, 2.75) is 119 Å². The summed E-state index contributed by atoms with van der Waals surface area (Å²) in [4.78, 5) is 15.0. The number of hydrogen-bond acceptors (Lipinski definition) is 2. The molecule has 0 aliphatic rings. The zero-order chi connectivity index (χ0) is 23.9. The van der Waals surface area contributed by atoms with Crippen LogP contribution in [0.1, 0.15) is 119 Å². The molecule has 0 saturated carbocycles. The van der Waals surface area contributed by atoms with Gasteiger partial charge in [-0.1, -0.05) is 80.1 Å². The zero-order valence-electron chi connectivity index (χ0n) is 21.8. The van der Waals surface area contributed by atoms with Crippen LogP contribution < -0.4 is 0 Å². The van der Waals surface area contributed by atoms with E-state index in [4.69, 9.17) is 9.59 Å². The zero-order valence-corrected chi connectivity index (χ0v) is 25.8. The molecule has 0 amide bonds. The predicted octanol–water partition coefficient (Wildman–Crippen LogP) is 8.94. The number of rotatable bonds is 18. The Morgan fingerprint density at radius 3 is 0.613 bits per heavy atom. The molecule has 4 radical (unpaired) electrons. The molecule has 0 aromatic rings. The van der Waals surface area contributed by atoms with Gasteiger partial charge in [0.1, 0.15) is 0 Å². The minimum absolute atomic E-state index is 0. The van der Waals surface area contributed by atoms with Crippen LogP contribution in [0.15, 0.2) is 0 Å². The summed E-state index contributed by atoms with van der Waals surface area (Å²) in [5.74, 6) is 0. The van der Waals surface area contributed by atoms with Gasteiger partial charge in [-0.15, -0.1) is 15.8 Å². The molecule has 0 spiro atoms. The minimum Gasteiger partial charge on any atom is -0.281 e. The molecule has 0 saturated heterocycles. The third-order valence-electron chi connectivity index (χ3n) is 4.97. The first-order chi connectivity index (χ1) is 14.7. The topological polar surface area (TPSA) is 34.1 Å². The molecule has 0 aliphatic heterocycles. The van der Waals surface area contributed by atoms with Crippen LogP contribution in [0.5, 0.6) is 0 Å². The van der Waals surface area contributed by atoms with Crippen molar-refractivity contribution in [3.05, 3.63) is 0 Å². The third kappa shape index (κ3) is 41.6. The van der Waals surface area contributed by atoms with E-state index >= 15 is 0 Å². The Morgan fingerprint density at radius 2 is 0.516 bits per heavy atom. The van der Waals surface area contributed by atoms with Crippen LogP contribution in [0.25, 0.3) is 0 Å². The molecule has 5 heteroatoms. The maximum Gasteiger partial charge on any atom is 0.281 e. The van der Waals surface area contributed by atoms with E-state index in [0.29, 0.717) is 15.8 Å². The molecule has 0 bridgehead atoms. The third-order valence-corrected chi connectivity index (χ3v) is 10.7. The summed E-state index contributed by atoms with van der Waals surface area (Å²) in [5, 5.41) is 0. The predicted molar refractivity (Wildman–Crippen MR) is 144 cm³/mol. The summed E-state index contributed by atoms with van der Waals surface area (Å²) in [5.41, 5.74) is 0. The Balaban J connectivity index is -0.000000122. The van der Waals surface area contributed by atoms with Gasteiger partial charge in [-0.25, -0.2) is 0 Å². The minimum atomic E-state index is 0. The van der Waals surface area contributed by atoms with E-state index in [0.717, 1.165) is 0 Å². The molecule has 0 fully saturated rings. The largest absolute Gasteiger partial charge is 0.281 e. The van der Waals surface area contributed by atoms with Crippen LogP contribution in [0.2, 0.25) is 0 Å². The Hall–Kier alpha value is 0.888. The van der Waals surface area contributed by atoms with Gasteiger partial charge in [0.2, 0.25) is 0 Å². The molecule has 0 heterocycles. The quantitative estimate of drug-likeness (QED) is 0.138. The number of unbranched alkanes of at least 4 members (excludes halogenated alkanes) is 6. The van der Waals surface area contributed by atoms with E-state index in [-0.39, 0.29) is 21.1 Å². The molecule has 0 N–H and O–H groups in total. The fourth-order valence-electron chi connectivity index (χ4n) is 2.96. The van der Waals surface area contributed by atoms with Crippen molar-refractivity contribution in [3.63, 3.8) is 0 Å². The fraction of sp³-hybridized carbons (Fsp3) is 0.923. The van der Waals surface area contributed by atoms with Gasteiger partial charge in [-0.05, 0) is 75.5 Å². The van der Waals surface area contributed by atoms with Crippen molar-refractivity contribution in [2.24, 2.45) is 0 Å². The molecular formula is C26H54O2P2Pt. The van der Waals surface area contributed by atoms with Gasteiger partial charge in [0.05, 0.1) is 0 Å². The normalized spacial score (nSPS) is 9.55. The van der Waals surface area contributed by atoms with Crippen molar-refractivity contribution in [1.29, 1.82) is 0 Å². The van der Waals surface area contributed by atoms with Crippen LogP contribution in [0, 0.1) is 0 Å². The molecule has 31 heavy (non-hydrogen) atoms. The summed E-state index contributed by atoms with van der Waals surface area (Å²) < 4.78 is 0. The van der Waals surface area contributed by atoms with E-state index in [9.17, 15) is 0 Å². The maximum absolute atomic E-state index is 7.50. The fourth-order valence-corrected chi connectivity index (χ4v) is 8.88. The van der Waals surface area contributed by atoms with Crippen molar-refractivity contribution >= 4 is 29.4 Å². The first-order valence-corrected chi connectivity index (χ1v) is 16.3. The molecule has 0 atom stereocenters. The van der Waals surface area contributed by atoms with Gasteiger partial charge in [0, 0.05) is 21.1 Å². The van der Waals surface area contributed by atoms with Crippen LogP contribution in [-0.4, -0.2) is 50.5 Å². The van der Waals surface area contributed by atoms with E-state index in [1.807, 2.05) is 0 Å². The molecule has 0 rings (SSSR count). The van der Waals surface area contributed by atoms with Crippen LogP contribution in [-0.2, 0) is 30.7 Å². The van der Waals surface area contributed by atoms with Crippen LogP contribution >= 0.6 is 15.8 Å². The van der Waals surface area contributed by atoms with E-state index in [1.54, 1.807) is 37.0 Å². The van der Waals surface area contributed by atoms with Crippen molar-refractivity contribution in [2.75, 3.05) is 37.0 Å². The van der Waals surface area contributed by atoms with Crippen LogP contribution in [0.4, 0.5) is 0 Å². The first kappa shape index (κ1) is 42.1. The van der Waals surface area contributed by atoms with Crippen LogP contribution in [0.3, 0.4) is 0 Å². The number of carbonyl (C=O) groups excluding carboxylic acids is 2. The molecular weight excluding hydrogens is 601 g/mol. The molecule has 2 nitrogen and oxygen atoms in total. The monoisotopic (exact) mass is 655 g/mol. The van der Waals surface area contributed by atoms with Gasteiger partial charge < -0.3 is 0 Å². The second-order valence-electron chi connectivity index (χ2n) is 7.80. The number of hydrogen-bond donors (Lipinski definition) is 0. The Bertz CT molecular complexity index is 208. The second-order valence-corrected chi connectivity index (χ2v) is 13.2. The summed E-state index contributed by atoms with van der Waals surface area (Å²) in [6.45, 7) is 22.9. The van der Waals surface area contributed by atoms with Crippen molar-refractivity contribution in [3.8, 4) is 0 Å². The summed E-state index contributed by atoms with van der Waals surface area (Å²) >= 11 is 0. The van der Waals surface area contributed by atoms with Gasteiger partial charge in [-0.2, -0.15) is 0 Å². The molecule has 0 aromatic heterocycles. The van der Waals surface area contributed by atoms with Crippen molar-refractivity contribution < 1.29 is 30.7 Å². The van der Waals surface area contributed by atoms with E-state index in [2.05, 4.69) is 55.1 Å². The summed E-state index contributed by atoms with van der Waals surface area (Å²) in [6.07, 6.45) is 26.4. The molecule has 190 valence electrons. The van der Waals surface area contributed by atoms with Gasteiger partial charge in [0.25, 0.3) is 13.6 Å². The van der Waals surface area contributed by atoms with Gasteiger partial charge in [0.15, 0.2) is 0 Å². The molecule has 0 aliphatic carbocycles. The van der Waals surface area contributed by atoms with E-state index in [1.165, 1.54) is 77.0 Å². The van der Waals surface area contributed by atoms with E-state index < -0.39 is 0 Å². The Labute approximate surface area is 215 Å². The van der Waals surface area contributed by atoms with Gasteiger partial charge in [-0.3, -0.25) is 9.59 Å².